The van der Waals surface area contributed by atoms with Gasteiger partial charge in [0.25, 0.3) is 11.8 Å². The molecule has 29 heavy (non-hydrogen) atoms. The van der Waals surface area contributed by atoms with Gasteiger partial charge in [0.05, 0.1) is 11.3 Å². The van der Waals surface area contributed by atoms with Crippen molar-refractivity contribution >= 4 is 29.3 Å². The lowest BCUT2D eigenvalue weighted by atomic mass is 10.1. The quantitative estimate of drug-likeness (QED) is 0.664. The van der Waals surface area contributed by atoms with Gasteiger partial charge in [0, 0.05) is 28.4 Å². The molecule has 1 heterocycles. The number of amides is 2. The van der Waals surface area contributed by atoms with Crippen LogP contribution in [0.15, 0.2) is 76.5 Å². The van der Waals surface area contributed by atoms with E-state index in [2.05, 4.69) is 5.32 Å². The first kappa shape index (κ1) is 19.3. The van der Waals surface area contributed by atoms with E-state index in [9.17, 15) is 9.59 Å². The first-order valence-corrected chi connectivity index (χ1v) is 10.4. The van der Waals surface area contributed by atoms with Crippen LogP contribution in [0.4, 0.5) is 5.69 Å². The first-order chi connectivity index (χ1) is 14.1. The predicted molar refractivity (Wildman–Crippen MR) is 117 cm³/mol. The molecule has 0 saturated heterocycles. The van der Waals surface area contributed by atoms with Gasteiger partial charge in [-0.2, -0.15) is 0 Å². The third kappa shape index (κ3) is 3.91. The second kappa shape index (κ2) is 8.13. The van der Waals surface area contributed by atoms with E-state index in [1.54, 1.807) is 16.7 Å². The van der Waals surface area contributed by atoms with Crippen LogP contribution in [0.5, 0.6) is 0 Å². The summed E-state index contributed by atoms with van der Waals surface area (Å²) < 4.78 is 0. The van der Waals surface area contributed by atoms with E-state index in [4.69, 9.17) is 0 Å². The van der Waals surface area contributed by atoms with E-state index in [1.807, 2.05) is 80.6 Å². The lowest BCUT2D eigenvalue weighted by Crippen LogP contribution is -2.31. The zero-order chi connectivity index (χ0) is 20.4. The Morgan fingerprint density at radius 1 is 1.00 bits per heavy atom. The van der Waals surface area contributed by atoms with Crippen LogP contribution in [0, 0.1) is 6.92 Å². The Morgan fingerprint density at radius 3 is 2.52 bits per heavy atom. The summed E-state index contributed by atoms with van der Waals surface area (Å²) >= 11 is 1.56. The van der Waals surface area contributed by atoms with Crippen LogP contribution in [0.2, 0.25) is 0 Å². The van der Waals surface area contributed by atoms with Crippen molar-refractivity contribution < 1.29 is 9.59 Å². The number of anilines is 1. The Morgan fingerprint density at radius 2 is 1.76 bits per heavy atom. The van der Waals surface area contributed by atoms with Crippen molar-refractivity contribution in [1.29, 1.82) is 0 Å². The van der Waals surface area contributed by atoms with Crippen LogP contribution in [-0.4, -0.2) is 18.4 Å². The fourth-order valence-corrected chi connectivity index (χ4v) is 4.42. The van der Waals surface area contributed by atoms with Gasteiger partial charge in [-0.3, -0.25) is 9.59 Å². The van der Waals surface area contributed by atoms with E-state index >= 15 is 0 Å². The van der Waals surface area contributed by atoms with Crippen molar-refractivity contribution in [3.63, 3.8) is 0 Å². The highest BCUT2D eigenvalue weighted by atomic mass is 32.2. The predicted octanol–water partition coefficient (Wildman–Crippen LogP) is 5.06. The molecule has 3 aromatic carbocycles. The highest BCUT2D eigenvalue weighted by Crippen LogP contribution is 2.41. The average molecular weight is 403 g/mol. The molecule has 0 bridgehead atoms. The number of rotatable bonds is 4. The molecule has 4 nitrogen and oxygen atoms in total. The minimum absolute atomic E-state index is 0.0356. The summed E-state index contributed by atoms with van der Waals surface area (Å²) in [5.41, 5.74) is 4.26. The number of nitrogens with zero attached hydrogens (tertiary/aromatic N) is 1. The Bertz CT molecular complexity index is 1080. The summed E-state index contributed by atoms with van der Waals surface area (Å²) in [4.78, 5) is 29.4. The molecule has 2 amide bonds. The van der Waals surface area contributed by atoms with Crippen LogP contribution in [0.25, 0.3) is 0 Å². The third-order valence-corrected chi connectivity index (χ3v) is 6.13. The number of hydrogen-bond donors (Lipinski definition) is 1. The van der Waals surface area contributed by atoms with Gasteiger partial charge in [0.15, 0.2) is 0 Å². The smallest absolute Gasteiger partial charge is 0.259 e. The minimum Gasteiger partial charge on any atom is -0.348 e. The molecule has 1 aliphatic rings. The molecule has 3 aromatic rings. The molecule has 0 unspecified atom stereocenters. The first-order valence-electron chi connectivity index (χ1n) is 9.63. The van der Waals surface area contributed by atoms with Crippen molar-refractivity contribution in [2.75, 3.05) is 11.4 Å². The van der Waals surface area contributed by atoms with Crippen molar-refractivity contribution in [2.24, 2.45) is 0 Å². The number of carbonyl (C=O) groups is 2. The number of carbonyl (C=O) groups excluding carboxylic acids is 2. The normalized spacial score (nSPS) is 12.8. The molecule has 4 rings (SSSR count). The molecule has 1 N–H and O–H groups in total. The molecular weight excluding hydrogens is 380 g/mol. The monoisotopic (exact) mass is 402 g/mol. The Balaban J connectivity index is 1.60. The Hall–Kier alpha value is -3.05. The topological polar surface area (TPSA) is 49.4 Å². The number of benzene rings is 3. The van der Waals surface area contributed by atoms with Crippen LogP contribution in [-0.2, 0) is 6.54 Å². The van der Waals surface area contributed by atoms with Crippen molar-refractivity contribution in [3.05, 3.63) is 89.0 Å². The lowest BCUT2D eigenvalue weighted by molar-refractivity contribution is 0.0947. The van der Waals surface area contributed by atoms with E-state index in [0.717, 1.165) is 21.0 Å². The fraction of sp³-hybridized carbons (Fsp3) is 0.167. The van der Waals surface area contributed by atoms with E-state index < -0.39 is 0 Å². The zero-order valence-electron chi connectivity index (χ0n) is 16.4. The molecule has 0 aliphatic carbocycles. The Labute approximate surface area is 174 Å². The summed E-state index contributed by atoms with van der Waals surface area (Å²) in [6.45, 7) is 4.99. The maximum Gasteiger partial charge on any atom is 0.259 e. The van der Waals surface area contributed by atoms with Crippen molar-refractivity contribution in [3.8, 4) is 0 Å². The van der Waals surface area contributed by atoms with Gasteiger partial charge in [0.2, 0.25) is 0 Å². The highest BCUT2D eigenvalue weighted by molar-refractivity contribution is 7.99. The average Bonchev–Trinajstić information content (AvgIpc) is 2.86. The van der Waals surface area contributed by atoms with E-state index in [-0.39, 0.29) is 11.8 Å². The van der Waals surface area contributed by atoms with Gasteiger partial charge in [-0.15, -0.1) is 0 Å². The van der Waals surface area contributed by atoms with Crippen LogP contribution in [0.1, 0.15) is 38.8 Å². The molecule has 5 heteroatoms. The molecule has 0 radical (unpaired) electrons. The van der Waals surface area contributed by atoms with Crippen LogP contribution in [0.3, 0.4) is 0 Å². The number of hydrogen-bond acceptors (Lipinski definition) is 3. The summed E-state index contributed by atoms with van der Waals surface area (Å²) in [6, 6.07) is 21.3. The summed E-state index contributed by atoms with van der Waals surface area (Å²) in [6.07, 6.45) is 0. The van der Waals surface area contributed by atoms with Crippen LogP contribution < -0.4 is 10.2 Å². The number of aryl methyl sites for hydroxylation is 1. The third-order valence-electron chi connectivity index (χ3n) is 4.98. The van der Waals surface area contributed by atoms with Gasteiger partial charge in [-0.1, -0.05) is 53.7 Å². The van der Waals surface area contributed by atoms with Crippen molar-refractivity contribution in [2.45, 2.75) is 30.2 Å². The molecular formula is C24H22N2O2S. The van der Waals surface area contributed by atoms with E-state index in [0.29, 0.717) is 24.2 Å². The second-order valence-electron chi connectivity index (χ2n) is 7.00. The second-order valence-corrected chi connectivity index (χ2v) is 8.08. The van der Waals surface area contributed by atoms with Gasteiger partial charge in [0.1, 0.15) is 0 Å². The van der Waals surface area contributed by atoms with Crippen LogP contribution >= 0.6 is 11.8 Å². The fourth-order valence-electron chi connectivity index (χ4n) is 3.37. The molecule has 1 aliphatic heterocycles. The molecule has 0 aromatic heterocycles. The summed E-state index contributed by atoms with van der Waals surface area (Å²) in [5, 5.41) is 2.97. The summed E-state index contributed by atoms with van der Waals surface area (Å²) in [5.74, 6) is -0.185. The summed E-state index contributed by atoms with van der Waals surface area (Å²) in [7, 11) is 0. The molecule has 0 saturated carbocycles. The SMILES string of the molecule is CCN1C(=O)c2ccccc2Sc2ccc(C(=O)NCc3ccc(C)cc3)cc21. The van der Waals surface area contributed by atoms with E-state index in [1.165, 1.54) is 5.56 Å². The highest BCUT2D eigenvalue weighted by Gasteiger charge is 2.26. The molecule has 0 atom stereocenters. The maximum absolute atomic E-state index is 13.1. The Kier molecular flexibility index (Phi) is 5.41. The van der Waals surface area contributed by atoms with Gasteiger partial charge < -0.3 is 10.2 Å². The number of fused-ring (bicyclic) bond motifs is 2. The maximum atomic E-state index is 13.1. The molecule has 0 fully saturated rings. The largest absolute Gasteiger partial charge is 0.348 e. The molecule has 0 spiro atoms. The standard InChI is InChI=1S/C24H22N2O2S/c1-3-26-20-14-18(23(27)25-15-17-10-8-16(2)9-11-17)12-13-22(20)29-21-7-5-4-6-19(21)24(26)28/h4-14H,3,15H2,1-2H3,(H,25,27). The minimum atomic E-state index is -0.149. The van der Waals surface area contributed by atoms with Gasteiger partial charge >= 0.3 is 0 Å². The van der Waals surface area contributed by atoms with Gasteiger partial charge in [-0.05, 0) is 49.7 Å². The zero-order valence-corrected chi connectivity index (χ0v) is 17.3. The lowest BCUT2D eigenvalue weighted by Gasteiger charge is -2.21. The molecule has 146 valence electrons. The van der Waals surface area contributed by atoms with Crippen molar-refractivity contribution in [1.82, 2.24) is 5.32 Å². The van der Waals surface area contributed by atoms with Gasteiger partial charge in [-0.25, -0.2) is 0 Å². The number of nitrogens with one attached hydrogen (secondary N) is 1.